The molecule has 1 saturated carbocycles. The van der Waals surface area contributed by atoms with E-state index in [4.69, 9.17) is 10.5 Å². The van der Waals surface area contributed by atoms with E-state index >= 15 is 4.39 Å². The van der Waals surface area contributed by atoms with Gasteiger partial charge >= 0.3 is 6.09 Å². The molecule has 8 nitrogen and oxygen atoms in total. The average Bonchev–Trinajstić information content (AvgIpc) is 3.63. The number of aromatic nitrogens is 2. The summed E-state index contributed by atoms with van der Waals surface area (Å²) < 4.78 is 35.1. The molecule has 36 heavy (non-hydrogen) atoms. The predicted molar refractivity (Wildman–Crippen MR) is 132 cm³/mol. The van der Waals surface area contributed by atoms with Crippen LogP contribution < -0.4 is 16.0 Å². The van der Waals surface area contributed by atoms with Crippen molar-refractivity contribution in [3.05, 3.63) is 47.2 Å². The molecule has 3 heterocycles. The Morgan fingerprint density at radius 2 is 1.94 bits per heavy atom. The highest BCUT2D eigenvalue weighted by atomic mass is 19.1. The molecule has 1 aromatic carbocycles. The van der Waals surface area contributed by atoms with Crippen LogP contribution in [0.4, 0.5) is 25.3 Å². The highest BCUT2D eigenvalue weighted by Gasteiger charge is 2.55. The summed E-state index contributed by atoms with van der Waals surface area (Å²) in [5.41, 5.74) is 6.79. The zero-order valence-corrected chi connectivity index (χ0v) is 21.1. The van der Waals surface area contributed by atoms with E-state index in [0.717, 1.165) is 50.5 Å². The number of halogens is 2. The number of carbonyl (C=O) groups excluding carboxylic acids is 1. The number of ether oxygens (including phenoxy) is 1. The number of piperidine rings is 1. The molecule has 10 heteroatoms. The van der Waals surface area contributed by atoms with E-state index in [1.807, 2.05) is 13.0 Å². The fourth-order valence-electron chi connectivity index (χ4n) is 5.24. The van der Waals surface area contributed by atoms with Crippen LogP contribution in [0.2, 0.25) is 0 Å². The van der Waals surface area contributed by atoms with Gasteiger partial charge in [-0.25, -0.2) is 23.5 Å². The molecule has 1 unspecified atom stereocenters. The van der Waals surface area contributed by atoms with Crippen molar-refractivity contribution in [2.75, 3.05) is 29.9 Å². The Kier molecular flexibility index (Phi) is 6.36. The van der Waals surface area contributed by atoms with Crippen LogP contribution in [0.15, 0.2) is 24.4 Å². The molecule has 3 N–H and O–H groups in total. The first-order valence-corrected chi connectivity index (χ1v) is 12.6. The molecule has 1 aromatic heterocycles. The van der Waals surface area contributed by atoms with Gasteiger partial charge in [-0.3, -0.25) is 4.90 Å². The second kappa shape index (κ2) is 9.23. The van der Waals surface area contributed by atoms with Crippen LogP contribution >= 0.6 is 0 Å². The highest BCUT2D eigenvalue weighted by Crippen LogP contribution is 2.47. The summed E-state index contributed by atoms with van der Waals surface area (Å²) in [6.07, 6.45) is 4.16. The summed E-state index contributed by atoms with van der Waals surface area (Å²) in [6.45, 7) is 8.40. The summed E-state index contributed by atoms with van der Waals surface area (Å²) in [6, 6.07) is 4.75. The van der Waals surface area contributed by atoms with Gasteiger partial charge in [0.15, 0.2) is 11.6 Å². The number of likely N-dealkylation sites (tertiary alicyclic amines) is 1. The molecule has 3 fully saturated rings. The number of anilines is 2. The van der Waals surface area contributed by atoms with Crippen LogP contribution in [0.5, 0.6) is 0 Å². The van der Waals surface area contributed by atoms with Gasteiger partial charge < -0.3 is 15.8 Å². The van der Waals surface area contributed by atoms with Gasteiger partial charge in [-0.05, 0) is 64.0 Å². The number of carbonyl (C=O) groups is 1. The Balaban J connectivity index is 1.29. The lowest BCUT2D eigenvalue weighted by Crippen LogP contribution is -2.47. The van der Waals surface area contributed by atoms with E-state index in [1.165, 1.54) is 4.90 Å². The Morgan fingerprint density at radius 1 is 1.22 bits per heavy atom. The van der Waals surface area contributed by atoms with Gasteiger partial charge in [-0.15, -0.1) is 0 Å². The predicted octanol–water partition coefficient (Wildman–Crippen LogP) is 4.37. The maximum atomic E-state index is 15.1. The van der Waals surface area contributed by atoms with Crippen LogP contribution in [0.1, 0.15) is 63.6 Å². The van der Waals surface area contributed by atoms with Gasteiger partial charge in [0.25, 0.3) is 0 Å². The number of amides is 1. The second-order valence-electron chi connectivity index (χ2n) is 11.0. The molecule has 1 aliphatic carbocycles. The zero-order chi connectivity index (χ0) is 25.7. The Morgan fingerprint density at radius 3 is 2.61 bits per heavy atom. The summed E-state index contributed by atoms with van der Waals surface area (Å²) in [5, 5.41) is 3.06. The summed E-state index contributed by atoms with van der Waals surface area (Å²) >= 11 is 0. The number of hydrogen-bond acceptors (Lipinski definition) is 7. The molecule has 5 rings (SSSR count). The van der Waals surface area contributed by atoms with Crippen LogP contribution in [-0.4, -0.2) is 51.7 Å². The molecule has 0 radical (unpaired) electrons. The van der Waals surface area contributed by atoms with Crippen molar-refractivity contribution in [1.82, 2.24) is 14.9 Å². The van der Waals surface area contributed by atoms with E-state index in [0.29, 0.717) is 12.1 Å². The van der Waals surface area contributed by atoms with Crippen LogP contribution in [0.3, 0.4) is 0 Å². The number of hydrogen-bond donors (Lipinski definition) is 2. The maximum Gasteiger partial charge on any atom is 0.416 e. The molecule has 0 bridgehead atoms. The molecule has 3 aliphatic rings. The zero-order valence-electron chi connectivity index (χ0n) is 21.1. The smallest absolute Gasteiger partial charge is 0.416 e. The molecule has 2 aliphatic heterocycles. The molecule has 1 amide bonds. The number of nitrogens with zero attached hydrogens (tertiary/aromatic N) is 4. The number of nitrogens with two attached hydrogens (primary N) is 1. The van der Waals surface area contributed by atoms with Crippen molar-refractivity contribution >= 4 is 17.9 Å². The number of cyclic esters (lactones) is 1. The third kappa shape index (κ3) is 4.88. The Labute approximate surface area is 210 Å². The Hall–Kier alpha value is -2.85. The molecular weight excluding hydrogens is 466 g/mol. The lowest BCUT2D eigenvalue weighted by molar-refractivity contribution is 0.165. The topological polar surface area (TPSA) is 96.6 Å². The van der Waals surface area contributed by atoms with Crippen molar-refractivity contribution < 1.29 is 18.3 Å². The van der Waals surface area contributed by atoms with Crippen LogP contribution in [0, 0.1) is 17.6 Å². The van der Waals surface area contributed by atoms with Gasteiger partial charge in [0.2, 0.25) is 5.95 Å². The minimum Gasteiger partial charge on any atom is -0.447 e. The summed E-state index contributed by atoms with van der Waals surface area (Å²) in [5.74, 6) is -0.811. The fourth-order valence-corrected chi connectivity index (χ4v) is 5.24. The summed E-state index contributed by atoms with van der Waals surface area (Å²) in [7, 11) is 0. The van der Waals surface area contributed by atoms with Gasteiger partial charge in [0, 0.05) is 30.7 Å². The summed E-state index contributed by atoms with van der Waals surface area (Å²) in [4.78, 5) is 24.4. The van der Waals surface area contributed by atoms with Gasteiger partial charge in [-0.1, -0.05) is 12.1 Å². The Bertz CT molecular complexity index is 1150. The van der Waals surface area contributed by atoms with E-state index in [2.05, 4.69) is 27.1 Å². The standard InChI is InChI=1S/C26H34F2N6O2/c1-16(19-7-4-17(12-20(19)27)14-33-10-8-25(2,29)9-11-33)31-23-30-13-21(28)22(32-23)34-24(35)36-15-26(34,3)18-5-6-18/h4,7,12-13,16,18H,5-6,8-11,14-15,29H2,1-3H3,(H,30,31,32)/t16-,26?/m0/s1. The van der Waals surface area contributed by atoms with Crippen molar-refractivity contribution in [2.45, 2.75) is 70.1 Å². The first-order chi connectivity index (χ1) is 17.1. The van der Waals surface area contributed by atoms with Crippen molar-refractivity contribution in [2.24, 2.45) is 11.7 Å². The largest absolute Gasteiger partial charge is 0.447 e. The minimum atomic E-state index is -0.706. The third-order valence-electron chi connectivity index (χ3n) is 7.86. The first kappa shape index (κ1) is 24.8. The fraction of sp³-hybridized carbons (Fsp3) is 0.577. The molecule has 2 aromatic rings. The quantitative estimate of drug-likeness (QED) is 0.583. The normalized spacial score (nSPS) is 25.1. The molecule has 2 saturated heterocycles. The van der Waals surface area contributed by atoms with E-state index in [9.17, 15) is 9.18 Å². The van der Waals surface area contributed by atoms with E-state index in [-0.39, 0.29) is 35.6 Å². The van der Waals surface area contributed by atoms with E-state index in [1.54, 1.807) is 19.1 Å². The van der Waals surface area contributed by atoms with Gasteiger partial charge in [-0.2, -0.15) is 4.98 Å². The molecular formula is C26H34F2N6O2. The van der Waals surface area contributed by atoms with Crippen LogP contribution in [0.25, 0.3) is 0 Å². The third-order valence-corrected chi connectivity index (χ3v) is 7.86. The monoisotopic (exact) mass is 500 g/mol. The lowest BCUT2D eigenvalue weighted by atomic mass is 9.91. The maximum absolute atomic E-state index is 15.1. The first-order valence-electron chi connectivity index (χ1n) is 12.6. The van der Waals surface area contributed by atoms with Crippen LogP contribution in [-0.2, 0) is 11.3 Å². The number of nitrogens with one attached hydrogen (secondary N) is 1. The lowest BCUT2D eigenvalue weighted by Gasteiger charge is -2.36. The van der Waals surface area contributed by atoms with Gasteiger partial charge in [0.05, 0.1) is 17.8 Å². The van der Waals surface area contributed by atoms with Crippen molar-refractivity contribution in [3.63, 3.8) is 0 Å². The minimum absolute atomic E-state index is 0.110. The van der Waals surface area contributed by atoms with Crippen molar-refractivity contribution in [1.29, 1.82) is 0 Å². The second-order valence-corrected chi connectivity index (χ2v) is 11.0. The van der Waals surface area contributed by atoms with Crippen molar-refractivity contribution in [3.8, 4) is 0 Å². The molecule has 194 valence electrons. The SMILES string of the molecule is C[C@H](Nc1ncc(F)c(N2C(=O)OCC2(C)C2CC2)n1)c1ccc(CN2CCC(C)(N)CC2)cc1F. The molecule has 0 spiro atoms. The van der Waals surface area contributed by atoms with Gasteiger partial charge in [0.1, 0.15) is 12.4 Å². The number of rotatable bonds is 7. The van der Waals surface area contributed by atoms with E-state index < -0.39 is 23.5 Å². The number of benzene rings is 1. The average molecular weight is 501 g/mol. The molecule has 2 atom stereocenters. The highest BCUT2D eigenvalue weighted by molar-refractivity contribution is 5.90.